The van der Waals surface area contributed by atoms with Crippen molar-refractivity contribution in [2.45, 2.75) is 82.1 Å². The van der Waals surface area contributed by atoms with E-state index in [0.717, 1.165) is 0 Å². The minimum atomic E-state index is -0.652. The van der Waals surface area contributed by atoms with Crippen molar-refractivity contribution in [2.24, 2.45) is 21.7 Å². The third-order valence-corrected chi connectivity index (χ3v) is 3.82. The zero-order valence-corrected chi connectivity index (χ0v) is 19.8. The fourth-order valence-corrected chi connectivity index (χ4v) is 1.30. The van der Waals surface area contributed by atoms with E-state index in [1.165, 1.54) is 0 Å². The predicted molar refractivity (Wildman–Crippen MR) is 106 cm³/mol. The zero-order valence-electron chi connectivity index (χ0n) is 18.8. The number of carbonyl (C=O) groups excluding carboxylic acids is 4. The van der Waals surface area contributed by atoms with Crippen LogP contribution in [0, 0.1) is 35.5 Å². The Balaban J connectivity index is -0.000000411. The first-order valence-corrected chi connectivity index (χ1v) is 8.94. The number of Topliss-reactive ketones (excluding diaryl/α,β-unsaturated/α-hetero) is 4. The summed E-state index contributed by atoms with van der Waals surface area (Å²) in [6.45, 7) is 25.2. The van der Waals surface area contributed by atoms with Gasteiger partial charge in [0.15, 0.2) is 0 Å². The van der Waals surface area contributed by atoms with Gasteiger partial charge in [-0.05, 0) is 0 Å². The van der Waals surface area contributed by atoms with Crippen molar-refractivity contribution in [1.29, 1.82) is 0 Å². The minimum Gasteiger partial charge on any atom is -0.331 e. The molecule has 0 heterocycles. The molecule has 0 aliphatic heterocycles. The molecule has 0 rings (SSSR count). The molecule has 0 unspecified atom stereocenters. The van der Waals surface area contributed by atoms with Crippen LogP contribution >= 0.6 is 0 Å². The van der Waals surface area contributed by atoms with E-state index in [9.17, 15) is 19.2 Å². The first-order chi connectivity index (χ1) is 11.1. The molecule has 0 aromatic rings. The molecule has 160 valence electrons. The summed E-state index contributed by atoms with van der Waals surface area (Å²) in [5.74, 6) is -0.219. The van der Waals surface area contributed by atoms with Gasteiger partial charge in [-0.25, -0.2) is 0 Å². The van der Waals surface area contributed by atoms with Crippen molar-refractivity contribution in [3.8, 4) is 0 Å². The second-order valence-electron chi connectivity index (χ2n) is 10.3. The Morgan fingerprint density at radius 2 is 0.704 bits per heavy atom. The van der Waals surface area contributed by atoms with Gasteiger partial charge >= 0.3 is 16.5 Å². The van der Waals surface area contributed by atoms with E-state index >= 15 is 0 Å². The summed E-state index contributed by atoms with van der Waals surface area (Å²) >= 11 is 0. The molecule has 0 spiro atoms. The van der Waals surface area contributed by atoms with Crippen LogP contribution in [0.4, 0.5) is 0 Å². The van der Waals surface area contributed by atoms with Crippen LogP contribution in [-0.4, -0.2) is 23.1 Å². The maximum atomic E-state index is 11.5. The molecule has 0 bridgehead atoms. The summed E-state index contributed by atoms with van der Waals surface area (Å²) in [7, 11) is 0. The molecule has 0 amide bonds. The summed E-state index contributed by atoms with van der Waals surface area (Å²) in [5, 5.41) is 0. The third kappa shape index (κ3) is 13.9. The Hall–Kier alpha value is -0.826. The van der Waals surface area contributed by atoms with Gasteiger partial charge < -0.3 is 23.4 Å². The van der Waals surface area contributed by atoms with Gasteiger partial charge in [-0.15, -0.1) is 10.8 Å². The predicted octanol–water partition coefficient (Wildman–Crippen LogP) is 4.84. The Morgan fingerprint density at radius 3 is 0.815 bits per heavy atom. The third-order valence-electron chi connectivity index (χ3n) is 3.82. The molecule has 0 saturated carbocycles. The van der Waals surface area contributed by atoms with Gasteiger partial charge in [-0.1, -0.05) is 69.2 Å². The van der Waals surface area contributed by atoms with E-state index in [1.54, 1.807) is 27.7 Å². The van der Waals surface area contributed by atoms with Crippen LogP contribution in [0.25, 0.3) is 0 Å². The second kappa shape index (κ2) is 10.6. The Bertz CT molecular complexity index is 435. The summed E-state index contributed by atoms with van der Waals surface area (Å²) in [6.07, 6.45) is -0.000000000000000444. The molecule has 0 radical (unpaired) electrons. The van der Waals surface area contributed by atoms with Crippen LogP contribution in [0.15, 0.2) is 0 Å². The van der Waals surface area contributed by atoms with Crippen LogP contribution in [0.1, 0.15) is 82.1 Å². The molecule has 27 heavy (non-hydrogen) atoms. The van der Waals surface area contributed by atoms with Gasteiger partial charge in [0.05, 0.1) is 12.8 Å². The maximum absolute atomic E-state index is 11.5. The maximum Gasteiger partial charge on any atom is 2.00 e. The molecule has 0 aliphatic rings. The molecule has 0 N–H and O–H groups in total. The number of carbonyl (C=O) groups is 4. The van der Waals surface area contributed by atoms with E-state index in [0.29, 0.717) is 0 Å². The molecular formula is C22H38NiO4. The quantitative estimate of drug-likeness (QED) is 0.347. The molecule has 0 saturated heterocycles. The molecule has 0 aromatic carbocycles. The average Bonchev–Trinajstić information content (AvgIpc) is 2.34. The van der Waals surface area contributed by atoms with Gasteiger partial charge in [0.2, 0.25) is 0 Å². The SMILES string of the molecule is [CH2-]C(C)(C)C(=O)CC(=O)C(C)(C)C.[CH2-]C(C)(C)C(=O)CC(=O)C(C)(C)C.[Ni+2]. The van der Waals surface area contributed by atoms with E-state index < -0.39 is 21.7 Å². The van der Waals surface area contributed by atoms with Crippen molar-refractivity contribution in [3.63, 3.8) is 0 Å². The van der Waals surface area contributed by atoms with Gasteiger partial charge in [-0.2, -0.15) is 0 Å². The van der Waals surface area contributed by atoms with Crippen LogP contribution in [-0.2, 0) is 35.7 Å². The Kier molecular flexibility index (Phi) is 12.2. The fraction of sp³-hybridized carbons (Fsp3) is 0.727. The molecule has 0 aromatic heterocycles. The van der Waals surface area contributed by atoms with Gasteiger partial charge in [0.1, 0.15) is 23.1 Å². The van der Waals surface area contributed by atoms with Crippen molar-refractivity contribution in [2.75, 3.05) is 0 Å². The van der Waals surface area contributed by atoms with Crippen molar-refractivity contribution >= 4 is 23.1 Å². The second-order valence-corrected chi connectivity index (χ2v) is 10.3. The smallest absolute Gasteiger partial charge is 0.331 e. The van der Waals surface area contributed by atoms with E-state index in [-0.39, 0.29) is 52.5 Å². The van der Waals surface area contributed by atoms with E-state index in [4.69, 9.17) is 0 Å². The van der Waals surface area contributed by atoms with Crippen molar-refractivity contribution in [1.82, 2.24) is 0 Å². The Morgan fingerprint density at radius 1 is 0.519 bits per heavy atom. The van der Waals surface area contributed by atoms with Gasteiger partial charge in [0, 0.05) is 10.8 Å². The van der Waals surface area contributed by atoms with Crippen LogP contribution < -0.4 is 0 Å². The average molecular weight is 425 g/mol. The van der Waals surface area contributed by atoms with Gasteiger partial charge in [0.25, 0.3) is 0 Å². The summed E-state index contributed by atoms with van der Waals surface area (Å²) in [4.78, 5) is 45.8. The van der Waals surface area contributed by atoms with E-state index in [1.807, 2.05) is 41.5 Å². The largest absolute Gasteiger partial charge is 2.00 e. The zero-order chi connectivity index (χ0) is 21.7. The van der Waals surface area contributed by atoms with Crippen LogP contribution in [0.3, 0.4) is 0 Å². The summed E-state index contributed by atoms with van der Waals surface area (Å²) in [5.41, 5.74) is -2.16. The minimum absolute atomic E-state index is 0. The molecular weight excluding hydrogens is 387 g/mol. The number of rotatable bonds is 6. The molecule has 5 heteroatoms. The molecule has 0 fully saturated rings. The normalized spacial score (nSPS) is 12.3. The monoisotopic (exact) mass is 424 g/mol. The van der Waals surface area contributed by atoms with Gasteiger partial charge in [-0.3, -0.25) is 9.59 Å². The summed E-state index contributed by atoms with van der Waals surface area (Å²) in [6, 6.07) is 0. The standard InChI is InChI=1S/2C11H19O2.Ni/c2*1-10(2,3)8(12)7-9(13)11(4,5)6;/h2*1,7H2,2-6H3;/q2*-1;+2. The van der Waals surface area contributed by atoms with E-state index in [2.05, 4.69) is 13.8 Å². The first-order valence-electron chi connectivity index (χ1n) is 8.94. The van der Waals surface area contributed by atoms with Crippen LogP contribution in [0.2, 0.25) is 0 Å². The molecule has 0 aliphatic carbocycles. The molecule has 0 atom stereocenters. The first kappa shape index (κ1) is 30.9. The number of ketones is 4. The molecule has 4 nitrogen and oxygen atoms in total. The van der Waals surface area contributed by atoms with Crippen molar-refractivity contribution < 1.29 is 35.7 Å². The number of hydrogen-bond donors (Lipinski definition) is 0. The topological polar surface area (TPSA) is 68.3 Å². The summed E-state index contributed by atoms with van der Waals surface area (Å²) < 4.78 is 0. The Labute approximate surface area is 176 Å². The fourth-order valence-electron chi connectivity index (χ4n) is 1.30. The van der Waals surface area contributed by atoms with Crippen LogP contribution in [0.5, 0.6) is 0 Å². The van der Waals surface area contributed by atoms with Crippen molar-refractivity contribution in [3.05, 3.63) is 13.8 Å². The number of hydrogen-bond acceptors (Lipinski definition) is 4.